The Morgan fingerprint density at radius 1 is 0.895 bits per heavy atom. The third-order valence-corrected chi connectivity index (χ3v) is 5.07. The van der Waals surface area contributed by atoms with E-state index in [1.807, 2.05) is 0 Å². The molecule has 0 bridgehead atoms. The SMILES string of the molecule is CCCNC1CCCCC1OC1CCCCC1CC. The average molecular weight is 267 g/mol. The highest BCUT2D eigenvalue weighted by Gasteiger charge is 2.31. The summed E-state index contributed by atoms with van der Waals surface area (Å²) in [4.78, 5) is 0. The van der Waals surface area contributed by atoms with E-state index in [0.29, 0.717) is 18.2 Å². The van der Waals surface area contributed by atoms with Crippen molar-refractivity contribution < 1.29 is 4.74 Å². The second-order valence-corrected chi connectivity index (χ2v) is 6.51. The summed E-state index contributed by atoms with van der Waals surface area (Å²) in [5, 5.41) is 3.72. The van der Waals surface area contributed by atoms with Crippen LogP contribution in [-0.4, -0.2) is 24.8 Å². The molecule has 0 aromatic carbocycles. The van der Waals surface area contributed by atoms with Crippen molar-refractivity contribution in [2.45, 2.75) is 96.3 Å². The van der Waals surface area contributed by atoms with Crippen LogP contribution in [0.2, 0.25) is 0 Å². The Bertz CT molecular complexity index is 243. The zero-order valence-electron chi connectivity index (χ0n) is 13.0. The minimum atomic E-state index is 0.484. The minimum Gasteiger partial charge on any atom is -0.373 e. The molecule has 4 atom stereocenters. The van der Waals surface area contributed by atoms with E-state index in [0.717, 1.165) is 12.5 Å². The number of nitrogens with one attached hydrogen (secondary N) is 1. The molecule has 0 saturated heterocycles. The van der Waals surface area contributed by atoms with Gasteiger partial charge in [-0.2, -0.15) is 0 Å². The van der Waals surface area contributed by atoms with Crippen molar-refractivity contribution in [1.29, 1.82) is 0 Å². The lowest BCUT2D eigenvalue weighted by Crippen LogP contribution is -2.46. The van der Waals surface area contributed by atoms with Gasteiger partial charge in [0, 0.05) is 6.04 Å². The van der Waals surface area contributed by atoms with Gasteiger partial charge in [-0.1, -0.05) is 46.0 Å². The molecule has 2 saturated carbocycles. The van der Waals surface area contributed by atoms with Gasteiger partial charge < -0.3 is 10.1 Å². The zero-order chi connectivity index (χ0) is 13.5. The first kappa shape index (κ1) is 15.3. The summed E-state index contributed by atoms with van der Waals surface area (Å²) in [5.74, 6) is 0.822. The molecule has 2 nitrogen and oxygen atoms in total. The molecule has 2 heteroatoms. The molecule has 2 fully saturated rings. The summed E-state index contributed by atoms with van der Waals surface area (Å²) >= 11 is 0. The summed E-state index contributed by atoms with van der Waals surface area (Å²) < 4.78 is 6.58. The molecule has 4 unspecified atom stereocenters. The molecule has 0 aromatic heterocycles. The van der Waals surface area contributed by atoms with Crippen LogP contribution in [0.3, 0.4) is 0 Å². The summed E-state index contributed by atoms with van der Waals surface area (Å²) in [7, 11) is 0. The fraction of sp³-hybridized carbons (Fsp3) is 1.00. The molecule has 2 rings (SSSR count). The fourth-order valence-corrected chi connectivity index (χ4v) is 3.87. The quantitative estimate of drug-likeness (QED) is 0.775. The van der Waals surface area contributed by atoms with Crippen molar-refractivity contribution in [1.82, 2.24) is 5.32 Å². The van der Waals surface area contributed by atoms with Crippen molar-refractivity contribution in [3.63, 3.8) is 0 Å². The smallest absolute Gasteiger partial charge is 0.0731 e. The Kier molecular flexibility index (Phi) is 6.66. The lowest BCUT2D eigenvalue weighted by atomic mass is 9.84. The van der Waals surface area contributed by atoms with Gasteiger partial charge in [0.15, 0.2) is 0 Å². The predicted octanol–water partition coefficient (Wildman–Crippen LogP) is 4.28. The third-order valence-electron chi connectivity index (χ3n) is 5.07. The van der Waals surface area contributed by atoms with E-state index in [9.17, 15) is 0 Å². The van der Waals surface area contributed by atoms with Crippen molar-refractivity contribution in [3.05, 3.63) is 0 Å². The van der Waals surface area contributed by atoms with Crippen LogP contribution in [-0.2, 0) is 4.74 Å². The molecule has 1 N–H and O–H groups in total. The zero-order valence-corrected chi connectivity index (χ0v) is 13.0. The third kappa shape index (κ3) is 4.46. The number of hydrogen-bond acceptors (Lipinski definition) is 2. The van der Waals surface area contributed by atoms with Gasteiger partial charge in [0.2, 0.25) is 0 Å². The van der Waals surface area contributed by atoms with Gasteiger partial charge in [-0.25, -0.2) is 0 Å². The van der Waals surface area contributed by atoms with Crippen LogP contribution in [0.15, 0.2) is 0 Å². The maximum atomic E-state index is 6.58. The van der Waals surface area contributed by atoms with E-state index < -0.39 is 0 Å². The molecule has 19 heavy (non-hydrogen) atoms. The van der Waals surface area contributed by atoms with Gasteiger partial charge >= 0.3 is 0 Å². The van der Waals surface area contributed by atoms with Crippen molar-refractivity contribution >= 4 is 0 Å². The van der Waals surface area contributed by atoms with Crippen LogP contribution in [0.1, 0.15) is 78.1 Å². The predicted molar refractivity (Wildman–Crippen MR) is 81.5 cm³/mol. The number of ether oxygens (including phenoxy) is 1. The van der Waals surface area contributed by atoms with Crippen LogP contribution in [0.4, 0.5) is 0 Å². The normalized spacial score (nSPS) is 36.3. The van der Waals surface area contributed by atoms with Crippen LogP contribution >= 0.6 is 0 Å². The van der Waals surface area contributed by atoms with Gasteiger partial charge in [0.1, 0.15) is 0 Å². The van der Waals surface area contributed by atoms with Gasteiger partial charge in [-0.3, -0.25) is 0 Å². The number of hydrogen-bond donors (Lipinski definition) is 1. The maximum absolute atomic E-state index is 6.58. The van der Waals surface area contributed by atoms with Gasteiger partial charge in [-0.05, 0) is 44.6 Å². The topological polar surface area (TPSA) is 21.3 Å². The van der Waals surface area contributed by atoms with E-state index in [4.69, 9.17) is 4.74 Å². The molecular formula is C17H33NO. The second kappa shape index (κ2) is 8.26. The Balaban J connectivity index is 1.86. The monoisotopic (exact) mass is 267 g/mol. The van der Waals surface area contributed by atoms with Crippen LogP contribution in [0, 0.1) is 5.92 Å². The maximum Gasteiger partial charge on any atom is 0.0731 e. The van der Waals surface area contributed by atoms with Gasteiger partial charge in [-0.15, -0.1) is 0 Å². The van der Waals surface area contributed by atoms with E-state index in [1.165, 1.54) is 64.2 Å². The largest absolute Gasteiger partial charge is 0.373 e. The minimum absolute atomic E-state index is 0.484. The Hall–Kier alpha value is -0.0800. The Labute approximate surface area is 119 Å². The molecule has 0 spiro atoms. The van der Waals surface area contributed by atoms with E-state index in [1.54, 1.807) is 0 Å². The summed E-state index contributed by atoms with van der Waals surface area (Å²) in [6.45, 7) is 5.73. The molecule has 2 aliphatic carbocycles. The lowest BCUT2D eigenvalue weighted by Gasteiger charge is -2.39. The van der Waals surface area contributed by atoms with Gasteiger partial charge in [0.25, 0.3) is 0 Å². The number of rotatable bonds is 6. The molecule has 0 amide bonds. The van der Waals surface area contributed by atoms with Crippen molar-refractivity contribution in [2.75, 3.05) is 6.54 Å². The van der Waals surface area contributed by atoms with E-state index >= 15 is 0 Å². The van der Waals surface area contributed by atoms with Crippen LogP contribution in [0.25, 0.3) is 0 Å². The first-order chi connectivity index (χ1) is 9.35. The van der Waals surface area contributed by atoms with Crippen LogP contribution < -0.4 is 5.32 Å². The molecular weight excluding hydrogens is 234 g/mol. The Morgan fingerprint density at radius 3 is 2.32 bits per heavy atom. The highest BCUT2D eigenvalue weighted by Crippen LogP contribution is 2.32. The van der Waals surface area contributed by atoms with Crippen LogP contribution in [0.5, 0.6) is 0 Å². The fourth-order valence-electron chi connectivity index (χ4n) is 3.87. The first-order valence-corrected chi connectivity index (χ1v) is 8.74. The summed E-state index contributed by atoms with van der Waals surface area (Å²) in [6.07, 6.45) is 14.4. The highest BCUT2D eigenvalue weighted by atomic mass is 16.5. The van der Waals surface area contributed by atoms with E-state index in [-0.39, 0.29) is 0 Å². The second-order valence-electron chi connectivity index (χ2n) is 6.51. The molecule has 0 aromatic rings. The van der Waals surface area contributed by atoms with Crippen molar-refractivity contribution in [3.8, 4) is 0 Å². The van der Waals surface area contributed by atoms with Gasteiger partial charge in [0.05, 0.1) is 12.2 Å². The molecule has 112 valence electrons. The highest BCUT2D eigenvalue weighted by molar-refractivity contribution is 4.85. The standard InChI is InChI=1S/C17H33NO/c1-3-13-18-15-10-6-8-12-17(15)19-16-11-7-5-9-14(16)4-2/h14-18H,3-13H2,1-2H3. The summed E-state index contributed by atoms with van der Waals surface area (Å²) in [6, 6.07) is 0.619. The molecule has 0 heterocycles. The molecule has 0 aliphatic heterocycles. The summed E-state index contributed by atoms with van der Waals surface area (Å²) in [5.41, 5.74) is 0. The molecule has 2 aliphatic rings. The lowest BCUT2D eigenvalue weighted by molar-refractivity contribution is -0.0853. The van der Waals surface area contributed by atoms with Crippen molar-refractivity contribution in [2.24, 2.45) is 5.92 Å². The average Bonchev–Trinajstić information content (AvgIpc) is 2.47. The van der Waals surface area contributed by atoms with E-state index in [2.05, 4.69) is 19.2 Å². The first-order valence-electron chi connectivity index (χ1n) is 8.74. The Morgan fingerprint density at radius 2 is 1.58 bits per heavy atom. The molecule has 0 radical (unpaired) electrons.